The maximum Gasteiger partial charge on any atom is 0.00695 e. The molecule has 1 fully saturated rings. The molecule has 1 atom stereocenters. The molecule has 1 unspecified atom stereocenters. The van der Waals surface area contributed by atoms with Gasteiger partial charge in [0, 0.05) is 6.04 Å². The number of hydrogen-bond acceptors (Lipinski definition) is 1. The Hall–Kier alpha value is -0.0400. The molecule has 1 aliphatic carbocycles. The molecule has 0 amide bonds. The van der Waals surface area contributed by atoms with Crippen molar-refractivity contribution >= 4 is 0 Å². The molecular weight excluding hydrogens is 158 g/mol. The molecule has 1 aliphatic rings. The second kappa shape index (κ2) is 6.42. The highest BCUT2D eigenvalue weighted by atomic mass is 14.9. The molecule has 0 bridgehead atoms. The quantitative estimate of drug-likeness (QED) is 0.569. The number of hydrogen-bond donors (Lipinski definition) is 1. The Morgan fingerprint density at radius 3 is 2.54 bits per heavy atom. The van der Waals surface area contributed by atoms with Crippen molar-refractivity contribution in [3.8, 4) is 0 Å². The van der Waals surface area contributed by atoms with E-state index in [0.717, 1.165) is 18.5 Å². The van der Waals surface area contributed by atoms with Crippen molar-refractivity contribution < 1.29 is 0 Å². The van der Waals surface area contributed by atoms with Crippen LogP contribution < -0.4 is 5.32 Å². The summed E-state index contributed by atoms with van der Waals surface area (Å²) < 4.78 is 0. The van der Waals surface area contributed by atoms with E-state index in [1.807, 2.05) is 0 Å². The lowest BCUT2D eigenvalue weighted by Crippen LogP contribution is -2.29. The van der Waals surface area contributed by atoms with Gasteiger partial charge in [-0.1, -0.05) is 46.0 Å². The summed E-state index contributed by atoms with van der Waals surface area (Å²) in [6.45, 7) is 5.65. The van der Waals surface area contributed by atoms with E-state index in [-0.39, 0.29) is 0 Å². The molecule has 0 spiro atoms. The Morgan fingerprint density at radius 1 is 1.23 bits per heavy atom. The van der Waals surface area contributed by atoms with Gasteiger partial charge in [-0.2, -0.15) is 0 Å². The van der Waals surface area contributed by atoms with Crippen LogP contribution in [0.1, 0.15) is 58.8 Å². The van der Waals surface area contributed by atoms with Gasteiger partial charge in [-0.05, 0) is 25.3 Å². The van der Waals surface area contributed by atoms with Crippen LogP contribution in [0.2, 0.25) is 0 Å². The highest BCUT2D eigenvalue weighted by Gasteiger charge is 2.24. The average Bonchev–Trinajstić information content (AvgIpc) is 2.89. The fraction of sp³-hybridized carbons (Fsp3) is 1.00. The third-order valence-electron chi connectivity index (χ3n) is 2.96. The number of unbranched alkanes of at least 4 members (excludes halogenated alkanes) is 2. The van der Waals surface area contributed by atoms with Gasteiger partial charge in [-0.15, -0.1) is 0 Å². The molecule has 1 N–H and O–H groups in total. The topological polar surface area (TPSA) is 12.0 Å². The van der Waals surface area contributed by atoms with E-state index >= 15 is 0 Å². The Bertz CT molecular complexity index is 118. The van der Waals surface area contributed by atoms with Crippen LogP contribution in [0.3, 0.4) is 0 Å². The first-order valence-corrected chi connectivity index (χ1v) is 6.10. The summed E-state index contributed by atoms with van der Waals surface area (Å²) >= 11 is 0. The smallest absolute Gasteiger partial charge is 0.00695 e. The first kappa shape index (κ1) is 11.0. The highest BCUT2D eigenvalue weighted by Crippen LogP contribution is 2.34. The first-order chi connectivity index (χ1) is 6.36. The summed E-state index contributed by atoms with van der Waals surface area (Å²) in [5.41, 5.74) is 0. The Balaban J connectivity index is 2.04. The van der Waals surface area contributed by atoms with Gasteiger partial charge in [0.2, 0.25) is 0 Å². The summed E-state index contributed by atoms with van der Waals surface area (Å²) in [6, 6.07) is 0.823. The molecule has 0 radical (unpaired) electrons. The van der Waals surface area contributed by atoms with E-state index in [9.17, 15) is 0 Å². The van der Waals surface area contributed by atoms with Gasteiger partial charge in [0.05, 0.1) is 0 Å². The van der Waals surface area contributed by atoms with Crippen LogP contribution >= 0.6 is 0 Å². The van der Waals surface area contributed by atoms with Crippen molar-refractivity contribution in [1.29, 1.82) is 0 Å². The summed E-state index contributed by atoms with van der Waals surface area (Å²) in [6.07, 6.45) is 10.0. The largest absolute Gasteiger partial charge is 0.314 e. The minimum Gasteiger partial charge on any atom is -0.314 e. The van der Waals surface area contributed by atoms with E-state index in [4.69, 9.17) is 0 Å². The second-order valence-corrected chi connectivity index (χ2v) is 4.43. The third-order valence-corrected chi connectivity index (χ3v) is 2.96. The second-order valence-electron chi connectivity index (χ2n) is 4.43. The zero-order valence-electron chi connectivity index (χ0n) is 9.31. The van der Waals surface area contributed by atoms with Crippen molar-refractivity contribution in [3.05, 3.63) is 0 Å². The number of nitrogens with one attached hydrogen (secondary N) is 1. The molecule has 1 saturated carbocycles. The SMILES string of the molecule is CCCCCC(CC1CC1)NCC. The maximum atomic E-state index is 3.61. The first-order valence-electron chi connectivity index (χ1n) is 6.10. The monoisotopic (exact) mass is 183 g/mol. The van der Waals surface area contributed by atoms with Crippen LogP contribution in [-0.4, -0.2) is 12.6 Å². The van der Waals surface area contributed by atoms with Gasteiger partial charge in [0.25, 0.3) is 0 Å². The van der Waals surface area contributed by atoms with Crippen LogP contribution in [0, 0.1) is 5.92 Å². The maximum absolute atomic E-state index is 3.61. The molecule has 1 nitrogen and oxygen atoms in total. The van der Waals surface area contributed by atoms with Crippen molar-refractivity contribution in [2.24, 2.45) is 5.92 Å². The van der Waals surface area contributed by atoms with Gasteiger partial charge in [0.15, 0.2) is 0 Å². The van der Waals surface area contributed by atoms with Crippen LogP contribution in [0.25, 0.3) is 0 Å². The molecule has 0 heterocycles. The molecule has 0 aliphatic heterocycles. The van der Waals surface area contributed by atoms with Crippen LogP contribution in [0.4, 0.5) is 0 Å². The van der Waals surface area contributed by atoms with Crippen molar-refractivity contribution in [2.45, 2.75) is 64.8 Å². The summed E-state index contributed by atoms with van der Waals surface area (Å²) in [5.74, 6) is 1.07. The van der Waals surface area contributed by atoms with Crippen molar-refractivity contribution in [1.82, 2.24) is 5.32 Å². The Labute approximate surface area is 83.3 Å². The highest BCUT2D eigenvalue weighted by molar-refractivity contribution is 4.79. The van der Waals surface area contributed by atoms with E-state index < -0.39 is 0 Å². The molecule has 1 heteroatoms. The predicted octanol–water partition coefficient (Wildman–Crippen LogP) is 3.34. The van der Waals surface area contributed by atoms with Crippen molar-refractivity contribution in [2.75, 3.05) is 6.54 Å². The zero-order chi connectivity index (χ0) is 9.52. The predicted molar refractivity (Wildman–Crippen MR) is 58.9 cm³/mol. The van der Waals surface area contributed by atoms with Crippen LogP contribution in [0.15, 0.2) is 0 Å². The lowest BCUT2D eigenvalue weighted by Gasteiger charge is -2.17. The van der Waals surface area contributed by atoms with Gasteiger partial charge in [-0.3, -0.25) is 0 Å². The fourth-order valence-corrected chi connectivity index (χ4v) is 1.99. The van der Waals surface area contributed by atoms with E-state index in [0.29, 0.717) is 0 Å². The molecule has 0 aromatic rings. The van der Waals surface area contributed by atoms with Crippen molar-refractivity contribution in [3.63, 3.8) is 0 Å². The standard InChI is InChI=1S/C12H25N/c1-3-5-6-7-12(13-4-2)10-11-8-9-11/h11-13H,3-10H2,1-2H3. The lowest BCUT2D eigenvalue weighted by atomic mass is 10.0. The average molecular weight is 183 g/mol. The molecule has 0 saturated heterocycles. The fourth-order valence-electron chi connectivity index (χ4n) is 1.99. The summed E-state index contributed by atoms with van der Waals surface area (Å²) in [5, 5.41) is 3.61. The van der Waals surface area contributed by atoms with Gasteiger partial charge < -0.3 is 5.32 Å². The van der Waals surface area contributed by atoms with E-state index in [2.05, 4.69) is 19.2 Å². The summed E-state index contributed by atoms with van der Waals surface area (Å²) in [7, 11) is 0. The Kier molecular flexibility index (Phi) is 5.45. The normalized spacial score (nSPS) is 18.9. The van der Waals surface area contributed by atoms with Crippen LogP contribution in [0.5, 0.6) is 0 Å². The molecule has 1 rings (SSSR count). The summed E-state index contributed by atoms with van der Waals surface area (Å²) in [4.78, 5) is 0. The molecule has 0 aromatic carbocycles. The molecule has 0 aromatic heterocycles. The van der Waals surface area contributed by atoms with Gasteiger partial charge >= 0.3 is 0 Å². The third kappa shape index (κ3) is 5.30. The van der Waals surface area contributed by atoms with E-state index in [1.54, 1.807) is 0 Å². The minimum absolute atomic E-state index is 0.823. The van der Waals surface area contributed by atoms with E-state index in [1.165, 1.54) is 44.9 Å². The van der Waals surface area contributed by atoms with Crippen LogP contribution in [-0.2, 0) is 0 Å². The molecule has 13 heavy (non-hydrogen) atoms. The molecular formula is C12H25N. The number of rotatable bonds is 8. The minimum atomic E-state index is 0.823. The Morgan fingerprint density at radius 2 is 2.00 bits per heavy atom. The zero-order valence-corrected chi connectivity index (χ0v) is 9.31. The lowest BCUT2D eigenvalue weighted by molar-refractivity contribution is 0.425. The molecule has 78 valence electrons. The van der Waals surface area contributed by atoms with Gasteiger partial charge in [0.1, 0.15) is 0 Å². The van der Waals surface area contributed by atoms with Gasteiger partial charge in [-0.25, -0.2) is 0 Å².